The highest BCUT2D eigenvalue weighted by Crippen LogP contribution is 2.17. The van der Waals surface area contributed by atoms with Crippen LogP contribution in [0.1, 0.15) is 38.4 Å². The number of nitrogens with zero attached hydrogens (tertiary/aromatic N) is 3. The Balaban J connectivity index is 1.66. The molecular formula is C12H21N5O. The largest absolute Gasteiger partial charge is 0.352 e. The zero-order valence-corrected chi connectivity index (χ0v) is 10.9. The molecule has 0 saturated heterocycles. The molecule has 0 aliphatic heterocycles. The van der Waals surface area contributed by atoms with Crippen LogP contribution in [0.25, 0.3) is 0 Å². The molecule has 0 spiro atoms. The second kappa shape index (κ2) is 6.49. The summed E-state index contributed by atoms with van der Waals surface area (Å²) in [6, 6.07) is 0.388. The van der Waals surface area contributed by atoms with E-state index in [-0.39, 0.29) is 5.91 Å². The Kier molecular flexibility index (Phi) is 4.69. The molecule has 1 heterocycles. The lowest BCUT2D eigenvalue weighted by molar-refractivity contribution is -0.120. The Morgan fingerprint density at radius 2 is 2.28 bits per heavy atom. The predicted molar refractivity (Wildman–Crippen MR) is 67.8 cm³/mol. The third-order valence-corrected chi connectivity index (χ3v) is 3.33. The molecule has 0 radical (unpaired) electrons. The predicted octanol–water partition coefficient (Wildman–Crippen LogP) is 0.446. The summed E-state index contributed by atoms with van der Waals surface area (Å²) in [7, 11) is 0. The highest BCUT2D eigenvalue weighted by atomic mass is 16.1. The van der Waals surface area contributed by atoms with Crippen LogP contribution in [-0.2, 0) is 17.9 Å². The number of rotatable bonds is 6. The standard InChI is InChI=1S/C12H21N5O/c1-2-17-9-14-16-11(17)7-13-8-12(18)15-10-5-3-4-6-10/h9-10,13H,2-8H2,1H3,(H,15,18). The van der Waals surface area contributed by atoms with Crippen LogP contribution >= 0.6 is 0 Å². The molecule has 100 valence electrons. The number of aromatic nitrogens is 3. The minimum atomic E-state index is 0.0736. The maximum atomic E-state index is 11.7. The molecule has 6 nitrogen and oxygen atoms in total. The van der Waals surface area contributed by atoms with Gasteiger partial charge in [0.1, 0.15) is 12.2 Å². The summed E-state index contributed by atoms with van der Waals surface area (Å²) in [5, 5.41) is 14.0. The lowest BCUT2D eigenvalue weighted by atomic mass is 10.2. The molecular weight excluding hydrogens is 230 g/mol. The van der Waals surface area contributed by atoms with E-state index in [1.54, 1.807) is 6.33 Å². The van der Waals surface area contributed by atoms with Gasteiger partial charge in [-0.1, -0.05) is 12.8 Å². The molecule has 0 aromatic carbocycles. The zero-order valence-electron chi connectivity index (χ0n) is 10.9. The van der Waals surface area contributed by atoms with E-state index in [9.17, 15) is 4.79 Å². The maximum Gasteiger partial charge on any atom is 0.234 e. The van der Waals surface area contributed by atoms with Gasteiger partial charge in [-0.05, 0) is 19.8 Å². The molecule has 1 aromatic heterocycles. The molecule has 1 amide bonds. The van der Waals surface area contributed by atoms with Crippen LogP contribution in [0.2, 0.25) is 0 Å². The first-order valence-electron chi connectivity index (χ1n) is 6.66. The topological polar surface area (TPSA) is 71.8 Å². The SMILES string of the molecule is CCn1cnnc1CNCC(=O)NC1CCCC1. The lowest BCUT2D eigenvalue weighted by Crippen LogP contribution is -2.39. The van der Waals surface area contributed by atoms with Crippen molar-refractivity contribution in [2.45, 2.75) is 51.7 Å². The van der Waals surface area contributed by atoms with Gasteiger partial charge >= 0.3 is 0 Å². The van der Waals surface area contributed by atoms with E-state index in [0.717, 1.165) is 25.2 Å². The van der Waals surface area contributed by atoms with Crippen LogP contribution in [0.3, 0.4) is 0 Å². The number of nitrogens with one attached hydrogen (secondary N) is 2. The van der Waals surface area contributed by atoms with Crippen LogP contribution < -0.4 is 10.6 Å². The first-order chi connectivity index (χ1) is 8.79. The van der Waals surface area contributed by atoms with Crippen molar-refractivity contribution in [3.05, 3.63) is 12.2 Å². The fraction of sp³-hybridized carbons (Fsp3) is 0.750. The first kappa shape index (κ1) is 13.0. The minimum Gasteiger partial charge on any atom is -0.352 e. The van der Waals surface area contributed by atoms with Gasteiger partial charge in [-0.2, -0.15) is 0 Å². The van der Waals surface area contributed by atoms with Gasteiger partial charge in [0.05, 0.1) is 13.1 Å². The molecule has 1 aliphatic carbocycles. The minimum absolute atomic E-state index is 0.0736. The molecule has 2 N–H and O–H groups in total. The van der Waals surface area contributed by atoms with E-state index in [1.807, 2.05) is 11.5 Å². The van der Waals surface area contributed by atoms with Crippen molar-refractivity contribution in [1.82, 2.24) is 25.4 Å². The van der Waals surface area contributed by atoms with E-state index in [2.05, 4.69) is 20.8 Å². The molecule has 18 heavy (non-hydrogen) atoms. The van der Waals surface area contributed by atoms with Gasteiger partial charge in [-0.25, -0.2) is 0 Å². The lowest BCUT2D eigenvalue weighted by Gasteiger charge is -2.12. The van der Waals surface area contributed by atoms with Gasteiger partial charge in [0.25, 0.3) is 0 Å². The number of carbonyl (C=O) groups excluding carboxylic acids is 1. The van der Waals surface area contributed by atoms with E-state index in [0.29, 0.717) is 19.1 Å². The second-order valence-corrected chi connectivity index (χ2v) is 4.69. The van der Waals surface area contributed by atoms with E-state index >= 15 is 0 Å². The first-order valence-corrected chi connectivity index (χ1v) is 6.66. The highest BCUT2D eigenvalue weighted by molar-refractivity contribution is 5.78. The molecule has 1 aliphatic rings. The summed E-state index contributed by atoms with van der Waals surface area (Å²) < 4.78 is 1.96. The average Bonchev–Trinajstić information content (AvgIpc) is 3.00. The van der Waals surface area contributed by atoms with E-state index < -0.39 is 0 Å². The summed E-state index contributed by atoms with van der Waals surface area (Å²) >= 11 is 0. The van der Waals surface area contributed by atoms with Crippen LogP contribution in [-0.4, -0.2) is 33.3 Å². The Labute approximate surface area is 107 Å². The van der Waals surface area contributed by atoms with Gasteiger partial charge in [0.15, 0.2) is 0 Å². The van der Waals surface area contributed by atoms with Crippen LogP contribution in [0, 0.1) is 0 Å². The van der Waals surface area contributed by atoms with E-state index in [1.165, 1.54) is 12.8 Å². The molecule has 0 atom stereocenters. The number of carbonyl (C=O) groups is 1. The Bertz CT molecular complexity index is 384. The molecule has 0 unspecified atom stereocenters. The second-order valence-electron chi connectivity index (χ2n) is 4.69. The van der Waals surface area contributed by atoms with Gasteiger partial charge in [0.2, 0.25) is 5.91 Å². The fourth-order valence-corrected chi connectivity index (χ4v) is 2.32. The van der Waals surface area contributed by atoms with Crippen molar-refractivity contribution in [3.8, 4) is 0 Å². The van der Waals surface area contributed by atoms with Crippen molar-refractivity contribution in [2.75, 3.05) is 6.54 Å². The van der Waals surface area contributed by atoms with Gasteiger partial charge in [-0.15, -0.1) is 10.2 Å². The third-order valence-electron chi connectivity index (χ3n) is 3.33. The summed E-state index contributed by atoms with van der Waals surface area (Å²) in [5.41, 5.74) is 0. The molecule has 1 saturated carbocycles. The summed E-state index contributed by atoms with van der Waals surface area (Å²) in [6.45, 7) is 3.80. The maximum absolute atomic E-state index is 11.7. The normalized spacial score (nSPS) is 16.1. The molecule has 6 heteroatoms. The monoisotopic (exact) mass is 251 g/mol. The quantitative estimate of drug-likeness (QED) is 0.770. The molecule has 0 bridgehead atoms. The van der Waals surface area contributed by atoms with Crippen LogP contribution in [0.5, 0.6) is 0 Å². The molecule has 2 rings (SSSR count). The van der Waals surface area contributed by atoms with Gasteiger partial charge < -0.3 is 15.2 Å². The number of hydrogen-bond donors (Lipinski definition) is 2. The van der Waals surface area contributed by atoms with Crippen LogP contribution in [0.15, 0.2) is 6.33 Å². The fourth-order valence-electron chi connectivity index (χ4n) is 2.32. The van der Waals surface area contributed by atoms with E-state index in [4.69, 9.17) is 0 Å². The van der Waals surface area contributed by atoms with Gasteiger partial charge in [-0.3, -0.25) is 4.79 Å². The van der Waals surface area contributed by atoms with Crippen LogP contribution in [0.4, 0.5) is 0 Å². The van der Waals surface area contributed by atoms with Gasteiger partial charge in [0, 0.05) is 12.6 Å². The molecule has 1 fully saturated rings. The number of amides is 1. The van der Waals surface area contributed by atoms with Crippen molar-refractivity contribution in [3.63, 3.8) is 0 Å². The summed E-state index contributed by atoms with van der Waals surface area (Å²) in [4.78, 5) is 11.7. The number of aryl methyl sites for hydroxylation is 1. The van der Waals surface area contributed by atoms with Crippen molar-refractivity contribution >= 4 is 5.91 Å². The number of hydrogen-bond acceptors (Lipinski definition) is 4. The third kappa shape index (κ3) is 3.53. The summed E-state index contributed by atoms with van der Waals surface area (Å²) in [6.07, 6.45) is 6.41. The molecule has 1 aromatic rings. The highest BCUT2D eigenvalue weighted by Gasteiger charge is 2.16. The van der Waals surface area contributed by atoms with Crippen molar-refractivity contribution in [2.24, 2.45) is 0 Å². The Hall–Kier alpha value is -1.43. The van der Waals surface area contributed by atoms with Crippen molar-refractivity contribution in [1.29, 1.82) is 0 Å². The van der Waals surface area contributed by atoms with Crippen molar-refractivity contribution < 1.29 is 4.79 Å². The smallest absolute Gasteiger partial charge is 0.234 e. The summed E-state index contributed by atoms with van der Waals surface area (Å²) in [5.74, 6) is 0.940. The Morgan fingerprint density at radius 3 is 3.00 bits per heavy atom. The average molecular weight is 251 g/mol. The zero-order chi connectivity index (χ0) is 12.8. The Morgan fingerprint density at radius 1 is 1.50 bits per heavy atom.